The zero-order valence-electron chi connectivity index (χ0n) is 11.6. The first kappa shape index (κ1) is 12.6. The summed E-state index contributed by atoms with van der Waals surface area (Å²) in [4.78, 5) is 9.31. The highest BCUT2D eigenvalue weighted by molar-refractivity contribution is 7.22. The number of pyridine rings is 1. The molecule has 0 saturated carbocycles. The SMILES string of the molecule is Nc1c2c(nc3nc(Nc4ccccc4)sc13)CCCC2. The number of aromatic nitrogens is 2. The Morgan fingerprint density at radius 1 is 1.05 bits per heavy atom. The van der Waals surface area contributed by atoms with Crippen molar-refractivity contribution in [3.8, 4) is 0 Å². The number of aryl methyl sites for hydroxylation is 1. The Balaban J connectivity index is 1.77. The second kappa shape index (κ2) is 5.00. The zero-order chi connectivity index (χ0) is 14.2. The molecule has 21 heavy (non-hydrogen) atoms. The number of fused-ring (bicyclic) bond motifs is 2. The third-order valence-electron chi connectivity index (χ3n) is 3.88. The number of nitrogens with zero attached hydrogens (tertiary/aromatic N) is 2. The predicted molar refractivity (Wildman–Crippen MR) is 88.2 cm³/mol. The maximum atomic E-state index is 6.35. The van der Waals surface area contributed by atoms with E-state index >= 15 is 0 Å². The Kier molecular flexibility index (Phi) is 3.00. The largest absolute Gasteiger partial charge is 0.397 e. The normalized spacial score (nSPS) is 14.1. The van der Waals surface area contributed by atoms with Gasteiger partial charge in [-0.2, -0.15) is 4.98 Å². The van der Waals surface area contributed by atoms with Crippen molar-refractivity contribution in [3.05, 3.63) is 41.6 Å². The van der Waals surface area contributed by atoms with E-state index in [4.69, 9.17) is 10.7 Å². The fourth-order valence-electron chi connectivity index (χ4n) is 2.83. The second-order valence-corrected chi connectivity index (χ2v) is 6.32. The van der Waals surface area contributed by atoms with Crippen molar-refractivity contribution in [2.45, 2.75) is 25.7 Å². The summed E-state index contributed by atoms with van der Waals surface area (Å²) >= 11 is 1.58. The number of nitrogens with one attached hydrogen (secondary N) is 1. The monoisotopic (exact) mass is 296 g/mol. The van der Waals surface area contributed by atoms with Crippen LogP contribution in [0.1, 0.15) is 24.1 Å². The van der Waals surface area contributed by atoms with E-state index in [1.165, 1.54) is 18.4 Å². The average molecular weight is 296 g/mol. The highest BCUT2D eigenvalue weighted by Gasteiger charge is 2.19. The van der Waals surface area contributed by atoms with Crippen molar-refractivity contribution in [1.82, 2.24) is 9.97 Å². The van der Waals surface area contributed by atoms with E-state index in [-0.39, 0.29) is 0 Å². The van der Waals surface area contributed by atoms with Gasteiger partial charge < -0.3 is 11.1 Å². The number of thiazole rings is 1. The summed E-state index contributed by atoms with van der Waals surface area (Å²) in [5, 5.41) is 4.17. The van der Waals surface area contributed by atoms with Crippen molar-refractivity contribution < 1.29 is 0 Å². The lowest BCUT2D eigenvalue weighted by atomic mass is 9.95. The van der Waals surface area contributed by atoms with Crippen LogP contribution in [0, 0.1) is 0 Å². The van der Waals surface area contributed by atoms with Crippen LogP contribution in [0.4, 0.5) is 16.5 Å². The zero-order valence-corrected chi connectivity index (χ0v) is 12.4. The van der Waals surface area contributed by atoms with Crippen molar-refractivity contribution in [1.29, 1.82) is 0 Å². The number of rotatable bonds is 2. The minimum Gasteiger partial charge on any atom is -0.397 e. The van der Waals surface area contributed by atoms with Gasteiger partial charge in [0, 0.05) is 11.4 Å². The summed E-state index contributed by atoms with van der Waals surface area (Å²) in [5.41, 5.74) is 11.4. The first-order chi connectivity index (χ1) is 10.3. The quantitative estimate of drug-likeness (QED) is 0.753. The minimum absolute atomic E-state index is 0.775. The van der Waals surface area contributed by atoms with E-state index in [9.17, 15) is 0 Å². The molecule has 0 fully saturated rings. The third-order valence-corrected chi connectivity index (χ3v) is 4.88. The average Bonchev–Trinajstić information content (AvgIpc) is 2.91. The third kappa shape index (κ3) is 2.23. The lowest BCUT2D eigenvalue weighted by Crippen LogP contribution is -2.08. The Morgan fingerprint density at radius 3 is 2.71 bits per heavy atom. The topological polar surface area (TPSA) is 63.8 Å². The number of hydrogen-bond donors (Lipinski definition) is 2. The molecule has 1 aliphatic carbocycles. The van der Waals surface area contributed by atoms with Crippen LogP contribution >= 0.6 is 11.3 Å². The molecule has 0 saturated heterocycles. The predicted octanol–water partition coefficient (Wildman–Crippen LogP) is 3.90. The first-order valence-corrected chi connectivity index (χ1v) is 8.03. The van der Waals surface area contributed by atoms with Crippen LogP contribution in [-0.2, 0) is 12.8 Å². The van der Waals surface area contributed by atoms with Crippen molar-refractivity contribution in [3.63, 3.8) is 0 Å². The Hall–Kier alpha value is -2.14. The molecule has 0 amide bonds. The summed E-state index contributed by atoms with van der Waals surface area (Å²) in [6.07, 6.45) is 4.47. The molecule has 3 N–H and O–H groups in total. The minimum atomic E-state index is 0.775. The molecule has 1 aromatic carbocycles. The molecule has 4 rings (SSSR count). The molecule has 4 nitrogen and oxygen atoms in total. The highest BCUT2D eigenvalue weighted by Crippen LogP contribution is 2.36. The number of hydrogen-bond acceptors (Lipinski definition) is 5. The Labute approximate surface area is 127 Å². The number of para-hydroxylation sites is 1. The maximum Gasteiger partial charge on any atom is 0.189 e. The second-order valence-electron chi connectivity index (χ2n) is 5.32. The van der Waals surface area contributed by atoms with E-state index in [1.54, 1.807) is 11.3 Å². The van der Waals surface area contributed by atoms with Gasteiger partial charge in [-0.3, -0.25) is 0 Å². The summed E-state index contributed by atoms with van der Waals surface area (Å²) in [7, 11) is 0. The van der Waals surface area contributed by atoms with Gasteiger partial charge in [0.15, 0.2) is 10.8 Å². The molecule has 0 atom stereocenters. The highest BCUT2D eigenvalue weighted by atomic mass is 32.1. The van der Waals surface area contributed by atoms with Gasteiger partial charge in [0.05, 0.1) is 10.4 Å². The fraction of sp³-hybridized carbons (Fsp3) is 0.250. The Morgan fingerprint density at radius 2 is 1.86 bits per heavy atom. The molecule has 2 aromatic heterocycles. The van der Waals surface area contributed by atoms with Crippen LogP contribution in [0.15, 0.2) is 30.3 Å². The van der Waals surface area contributed by atoms with Crippen LogP contribution < -0.4 is 11.1 Å². The molecule has 0 aliphatic heterocycles. The van der Waals surface area contributed by atoms with Crippen LogP contribution in [0.2, 0.25) is 0 Å². The van der Waals surface area contributed by atoms with Gasteiger partial charge in [0.25, 0.3) is 0 Å². The van der Waals surface area contributed by atoms with E-state index in [0.717, 1.165) is 45.4 Å². The maximum absolute atomic E-state index is 6.35. The van der Waals surface area contributed by atoms with E-state index in [0.29, 0.717) is 0 Å². The molecular formula is C16H16N4S. The van der Waals surface area contributed by atoms with Gasteiger partial charge in [0.1, 0.15) is 0 Å². The molecule has 106 valence electrons. The van der Waals surface area contributed by atoms with Crippen molar-refractivity contribution in [2.75, 3.05) is 11.1 Å². The lowest BCUT2D eigenvalue weighted by molar-refractivity contribution is 0.672. The molecule has 5 heteroatoms. The number of nitrogens with two attached hydrogens (primary N) is 1. The van der Waals surface area contributed by atoms with Crippen LogP contribution in [0.25, 0.3) is 10.3 Å². The summed E-state index contributed by atoms with van der Waals surface area (Å²) in [6.45, 7) is 0. The van der Waals surface area contributed by atoms with Gasteiger partial charge in [-0.25, -0.2) is 4.98 Å². The van der Waals surface area contributed by atoms with Crippen LogP contribution in [-0.4, -0.2) is 9.97 Å². The molecule has 3 aromatic rings. The molecule has 0 bridgehead atoms. The molecule has 1 aliphatic rings. The molecule has 0 unspecified atom stereocenters. The summed E-state index contributed by atoms with van der Waals surface area (Å²) in [6, 6.07) is 10.0. The van der Waals surface area contributed by atoms with E-state index < -0.39 is 0 Å². The summed E-state index contributed by atoms with van der Waals surface area (Å²) in [5.74, 6) is 0. The fourth-order valence-corrected chi connectivity index (χ4v) is 3.74. The van der Waals surface area contributed by atoms with Gasteiger partial charge >= 0.3 is 0 Å². The van der Waals surface area contributed by atoms with Gasteiger partial charge in [-0.15, -0.1) is 0 Å². The number of nitrogen functional groups attached to an aromatic ring is 1. The summed E-state index contributed by atoms with van der Waals surface area (Å²) < 4.78 is 1.01. The first-order valence-electron chi connectivity index (χ1n) is 7.21. The number of benzene rings is 1. The van der Waals surface area contributed by atoms with E-state index in [1.807, 2.05) is 30.3 Å². The van der Waals surface area contributed by atoms with Crippen molar-refractivity contribution >= 4 is 38.2 Å². The Bertz CT molecular complexity index is 795. The molecule has 2 heterocycles. The van der Waals surface area contributed by atoms with Crippen LogP contribution in [0.3, 0.4) is 0 Å². The van der Waals surface area contributed by atoms with Crippen molar-refractivity contribution in [2.24, 2.45) is 0 Å². The van der Waals surface area contributed by atoms with Gasteiger partial charge in [-0.05, 0) is 43.4 Å². The van der Waals surface area contributed by atoms with Gasteiger partial charge in [0.2, 0.25) is 0 Å². The van der Waals surface area contributed by atoms with Crippen LogP contribution in [0.5, 0.6) is 0 Å². The standard InChI is InChI=1S/C16H16N4S/c17-13-11-8-4-5-9-12(11)19-15-14(13)21-16(20-15)18-10-6-2-1-3-7-10/h1-3,6-7H,4-5,8-9H2,(H3,17,18,19,20). The molecular weight excluding hydrogens is 280 g/mol. The molecule has 0 spiro atoms. The molecule has 0 radical (unpaired) electrons. The smallest absolute Gasteiger partial charge is 0.189 e. The van der Waals surface area contributed by atoms with Gasteiger partial charge in [-0.1, -0.05) is 29.5 Å². The number of anilines is 3. The van der Waals surface area contributed by atoms with E-state index in [2.05, 4.69) is 10.3 Å². The lowest BCUT2D eigenvalue weighted by Gasteiger charge is -2.16.